The first kappa shape index (κ1) is 15.1. The van der Waals surface area contributed by atoms with E-state index in [0.29, 0.717) is 18.8 Å². The third-order valence-electron chi connectivity index (χ3n) is 2.84. The molecule has 0 radical (unpaired) electrons. The number of rotatable bonds is 9. The number of nitrogens with one attached hydrogen (secondary N) is 1. The minimum absolute atomic E-state index is 0.175. The molecule has 0 bridgehead atoms. The lowest BCUT2D eigenvalue weighted by Gasteiger charge is -2.08. The summed E-state index contributed by atoms with van der Waals surface area (Å²) in [4.78, 5) is 0. The molecule has 1 N–H and O–H groups in total. The van der Waals surface area contributed by atoms with Crippen LogP contribution >= 0.6 is 0 Å². The lowest BCUT2D eigenvalue weighted by atomic mass is 10.1. The van der Waals surface area contributed by atoms with Crippen LogP contribution in [0.4, 0.5) is 4.39 Å². The van der Waals surface area contributed by atoms with Gasteiger partial charge in [-0.25, -0.2) is 4.39 Å². The normalized spacial score (nSPS) is 10.8. The molecule has 1 aromatic carbocycles. The SMILES string of the molecule is CCCCCOCc1cc(CNCC)ccc1F. The predicted molar refractivity (Wildman–Crippen MR) is 73.0 cm³/mol. The van der Waals surface area contributed by atoms with Gasteiger partial charge in [-0.3, -0.25) is 0 Å². The highest BCUT2D eigenvalue weighted by atomic mass is 19.1. The molecule has 0 saturated heterocycles. The van der Waals surface area contributed by atoms with E-state index < -0.39 is 0 Å². The fourth-order valence-electron chi connectivity index (χ4n) is 1.75. The molecular weight excluding hydrogens is 229 g/mol. The number of ether oxygens (including phenoxy) is 1. The highest BCUT2D eigenvalue weighted by Crippen LogP contribution is 2.12. The van der Waals surface area contributed by atoms with Crippen LogP contribution in [-0.2, 0) is 17.9 Å². The molecule has 1 rings (SSSR count). The Kier molecular flexibility index (Phi) is 7.62. The first-order chi connectivity index (χ1) is 8.77. The highest BCUT2D eigenvalue weighted by molar-refractivity contribution is 5.24. The summed E-state index contributed by atoms with van der Waals surface area (Å²) in [7, 11) is 0. The molecule has 0 aliphatic rings. The van der Waals surface area contributed by atoms with Crippen LogP contribution in [0.2, 0.25) is 0 Å². The number of benzene rings is 1. The van der Waals surface area contributed by atoms with E-state index in [1.54, 1.807) is 0 Å². The van der Waals surface area contributed by atoms with E-state index in [1.165, 1.54) is 18.9 Å². The van der Waals surface area contributed by atoms with Crippen molar-refractivity contribution in [3.63, 3.8) is 0 Å². The molecule has 0 aliphatic carbocycles. The second-order valence-electron chi connectivity index (χ2n) is 4.47. The van der Waals surface area contributed by atoms with Gasteiger partial charge < -0.3 is 10.1 Å². The zero-order chi connectivity index (χ0) is 13.2. The van der Waals surface area contributed by atoms with Crippen molar-refractivity contribution >= 4 is 0 Å². The van der Waals surface area contributed by atoms with E-state index in [9.17, 15) is 4.39 Å². The van der Waals surface area contributed by atoms with Gasteiger partial charge in [0.25, 0.3) is 0 Å². The number of unbranched alkanes of at least 4 members (excludes halogenated alkanes) is 2. The second kappa shape index (κ2) is 9.06. The zero-order valence-electron chi connectivity index (χ0n) is 11.5. The minimum Gasteiger partial charge on any atom is -0.377 e. The largest absolute Gasteiger partial charge is 0.377 e. The van der Waals surface area contributed by atoms with Crippen molar-refractivity contribution in [3.05, 3.63) is 35.1 Å². The fourth-order valence-corrected chi connectivity index (χ4v) is 1.75. The Balaban J connectivity index is 2.42. The molecule has 18 heavy (non-hydrogen) atoms. The van der Waals surface area contributed by atoms with Crippen LogP contribution in [0, 0.1) is 5.82 Å². The van der Waals surface area contributed by atoms with Gasteiger partial charge in [0.05, 0.1) is 6.61 Å². The Labute approximate surface area is 110 Å². The zero-order valence-corrected chi connectivity index (χ0v) is 11.5. The van der Waals surface area contributed by atoms with Gasteiger partial charge in [0.15, 0.2) is 0 Å². The Morgan fingerprint density at radius 3 is 2.78 bits per heavy atom. The quantitative estimate of drug-likeness (QED) is 0.678. The maximum Gasteiger partial charge on any atom is 0.128 e. The topological polar surface area (TPSA) is 21.3 Å². The van der Waals surface area contributed by atoms with E-state index in [-0.39, 0.29) is 5.82 Å². The van der Waals surface area contributed by atoms with Gasteiger partial charge in [0.2, 0.25) is 0 Å². The highest BCUT2D eigenvalue weighted by Gasteiger charge is 2.03. The number of hydrogen-bond donors (Lipinski definition) is 1. The first-order valence-electron chi connectivity index (χ1n) is 6.83. The molecule has 0 amide bonds. The average molecular weight is 253 g/mol. The van der Waals surface area contributed by atoms with E-state index in [0.717, 1.165) is 25.1 Å². The Bertz CT molecular complexity index is 341. The number of halogens is 1. The van der Waals surface area contributed by atoms with Gasteiger partial charge in [-0.2, -0.15) is 0 Å². The summed E-state index contributed by atoms with van der Waals surface area (Å²) in [6, 6.07) is 5.23. The monoisotopic (exact) mass is 253 g/mol. The summed E-state index contributed by atoms with van der Waals surface area (Å²) in [5.74, 6) is -0.175. The molecule has 0 aromatic heterocycles. The van der Waals surface area contributed by atoms with Crippen LogP contribution in [0.15, 0.2) is 18.2 Å². The van der Waals surface area contributed by atoms with Crippen molar-refractivity contribution in [2.75, 3.05) is 13.2 Å². The molecule has 0 saturated carbocycles. The van der Waals surface area contributed by atoms with E-state index >= 15 is 0 Å². The van der Waals surface area contributed by atoms with Crippen LogP contribution < -0.4 is 5.32 Å². The van der Waals surface area contributed by atoms with Crippen LogP contribution in [0.3, 0.4) is 0 Å². The van der Waals surface area contributed by atoms with Crippen LogP contribution in [0.25, 0.3) is 0 Å². The van der Waals surface area contributed by atoms with Crippen molar-refractivity contribution in [1.82, 2.24) is 5.32 Å². The molecule has 3 heteroatoms. The van der Waals surface area contributed by atoms with Gasteiger partial charge in [-0.1, -0.05) is 32.8 Å². The van der Waals surface area contributed by atoms with E-state index in [2.05, 4.69) is 19.2 Å². The Hall–Kier alpha value is -0.930. The molecule has 0 heterocycles. The molecule has 102 valence electrons. The first-order valence-corrected chi connectivity index (χ1v) is 6.83. The fraction of sp³-hybridized carbons (Fsp3) is 0.600. The van der Waals surface area contributed by atoms with Crippen LogP contribution in [0.5, 0.6) is 0 Å². The summed E-state index contributed by atoms with van der Waals surface area (Å²) in [6.07, 6.45) is 3.40. The van der Waals surface area contributed by atoms with Crippen LogP contribution in [-0.4, -0.2) is 13.2 Å². The lowest BCUT2D eigenvalue weighted by Crippen LogP contribution is -2.12. The van der Waals surface area contributed by atoms with Gasteiger partial charge in [-0.05, 0) is 30.7 Å². The standard InChI is InChI=1S/C15H24FNO/c1-3-5-6-9-18-12-14-10-13(11-17-4-2)7-8-15(14)16/h7-8,10,17H,3-6,9,11-12H2,1-2H3. The molecule has 0 atom stereocenters. The molecule has 1 aromatic rings. The van der Waals surface area contributed by atoms with Crippen molar-refractivity contribution in [3.8, 4) is 0 Å². The summed E-state index contributed by atoms with van der Waals surface area (Å²) < 4.78 is 19.1. The molecule has 0 unspecified atom stereocenters. The third-order valence-corrected chi connectivity index (χ3v) is 2.84. The molecule has 0 spiro atoms. The smallest absolute Gasteiger partial charge is 0.128 e. The molecule has 0 aliphatic heterocycles. The van der Waals surface area contributed by atoms with Gasteiger partial charge >= 0.3 is 0 Å². The minimum atomic E-state index is -0.175. The number of hydrogen-bond acceptors (Lipinski definition) is 2. The maximum atomic E-state index is 13.6. The van der Waals surface area contributed by atoms with Crippen molar-refractivity contribution in [2.45, 2.75) is 46.3 Å². The summed E-state index contributed by atoms with van der Waals surface area (Å²) in [5.41, 5.74) is 1.76. The predicted octanol–water partition coefficient (Wildman–Crippen LogP) is 3.64. The summed E-state index contributed by atoms with van der Waals surface area (Å²) in [6.45, 7) is 6.99. The van der Waals surface area contributed by atoms with Gasteiger partial charge in [-0.15, -0.1) is 0 Å². The Morgan fingerprint density at radius 2 is 2.06 bits per heavy atom. The molecule has 0 fully saturated rings. The molecular formula is C15H24FNO. The summed E-state index contributed by atoms with van der Waals surface area (Å²) in [5, 5.41) is 3.23. The summed E-state index contributed by atoms with van der Waals surface area (Å²) >= 11 is 0. The van der Waals surface area contributed by atoms with Crippen molar-refractivity contribution < 1.29 is 9.13 Å². The van der Waals surface area contributed by atoms with E-state index in [4.69, 9.17) is 4.74 Å². The van der Waals surface area contributed by atoms with E-state index in [1.807, 2.05) is 12.1 Å². The van der Waals surface area contributed by atoms with Crippen molar-refractivity contribution in [2.24, 2.45) is 0 Å². The van der Waals surface area contributed by atoms with Gasteiger partial charge in [0.1, 0.15) is 5.82 Å². The second-order valence-corrected chi connectivity index (χ2v) is 4.47. The Morgan fingerprint density at radius 1 is 1.22 bits per heavy atom. The average Bonchev–Trinajstić information content (AvgIpc) is 2.39. The lowest BCUT2D eigenvalue weighted by molar-refractivity contribution is 0.114. The van der Waals surface area contributed by atoms with Crippen LogP contribution in [0.1, 0.15) is 44.2 Å². The third kappa shape index (κ3) is 5.61. The molecule has 2 nitrogen and oxygen atoms in total. The van der Waals surface area contributed by atoms with Gasteiger partial charge in [0, 0.05) is 18.7 Å². The maximum absolute atomic E-state index is 13.6. The van der Waals surface area contributed by atoms with Crippen molar-refractivity contribution in [1.29, 1.82) is 0 Å².